The fourth-order valence-corrected chi connectivity index (χ4v) is 1.71. The first kappa shape index (κ1) is 15.9. The first-order valence-corrected chi connectivity index (χ1v) is 6.32. The van der Waals surface area contributed by atoms with Crippen LogP contribution >= 0.6 is 0 Å². The predicted octanol–water partition coefficient (Wildman–Crippen LogP) is 0.536. The summed E-state index contributed by atoms with van der Waals surface area (Å²) >= 11 is 0. The van der Waals surface area contributed by atoms with E-state index in [0.717, 1.165) is 0 Å². The van der Waals surface area contributed by atoms with E-state index >= 15 is 0 Å². The number of halogens is 1. The van der Waals surface area contributed by atoms with Crippen molar-refractivity contribution in [1.82, 2.24) is 10.6 Å². The van der Waals surface area contributed by atoms with Crippen LogP contribution in [0, 0.1) is 5.82 Å². The summed E-state index contributed by atoms with van der Waals surface area (Å²) in [4.78, 5) is 11.2. The summed E-state index contributed by atoms with van der Waals surface area (Å²) in [6.07, 6.45) is 0.355. The van der Waals surface area contributed by atoms with Crippen molar-refractivity contribution in [2.45, 2.75) is 19.9 Å². The summed E-state index contributed by atoms with van der Waals surface area (Å²) in [6.45, 7) is 3.33. The Hall–Kier alpha value is -2.15. The number of amides is 1. The Morgan fingerprint density at radius 3 is 2.90 bits per heavy atom. The lowest BCUT2D eigenvalue weighted by Gasteiger charge is -2.10. The van der Waals surface area contributed by atoms with Crippen LogP contribution in [0.3, 0.4) is 0 Å². The molecule has 20 heavy (non-hydrogen) atoms. The lowest BCUT2D eigenvalue weighted by atomic mass is 10.1. The second-order valence-corrected chi connectivity index (χ2v) is 4.17. The fraction of sp³-hybridized carbons (Fsp3) is 0.385. The molecule has 1 aromatic carbocycles. The molecule has 0 aliphatic heterocycles. The molecule has 0 saturated carbocycles. The number of benzene rings is 1. The smallest absolute Gasteiger partial charge is 0.221 e. The zero-order valence-corrected chi connectivity index (χ0v) is 11.3. The van der Waals surface area contributed by atoms with Gasteiger partial charge in [0.1, 0.15) is 5.82 Å². The van der Waals surface area contributed by atoms with Crippen molar-refractivity contribution in [3.05, 3.63) is 35.1 Å². The van der Waals surface area contributed by atoms with Crippen LogP contribution in [0.2, 0.25) is 0 Å². The van der Waals surface area contributed by atoms with Gasteiger partial charge in [0, 0.05) is 31.6 Å². The highest BCUT2D eigenvalue weighted by atomic mass is 19.1. The third kappa shape index (κ3) is 4.85. The zero-order chi connectivity index (χ0) is 15.0. The molecule has 0 atom stereocenters. The van der Waals surface area contributed by atoms with Gasteiger partial charge in [-0.3, -0.25) is 4.79 Å². The molecule has 1 amide bonds. The minimum Gasteiger partial charge on any atom is -0.409 e. The molecule has 0 aliphatic carbocycles. The van der Waals surface area contributed by atoms with Gasteiger partial charge >= 0.3 is 0 Å². The summed E-state index contributed by atoms with van der Waals surface area (Å²) in [6, 6.07) is 4.06. The average molecular weight is 282 g/mol. The molecule has 0 aromatic heterocycles. The number of rotatable bonds is 7. The maximum absolute atomic E-state index is 13.2. The topological polar surface area (TPSA) is 99.7 Å². The predicted molar refractivity (Wildman–Crippen MR) is 73.9 cm³/mol. The zero-order valence-electron chi connectivity index (χ0n) is 11.3. The maximum atomic E-state index is 13.2. The molecule has 0 radical (unpaired) electrons. The summed E-state index contributed by atoms with van der Waals surface area (Å²) in [5.41, 5.74) is 6.52. The Morgan fingerprint density at radius 1 is 1.50 bits per heavy atom. The van der Waals surface area contributed by atoms with Crippen LogP contribution < -0.4 is 16.4 Å². The molecule has 0 bridgehead atoms. The van der Waals surface area contributed by atoms with Gasteiger partial charge in [-0.15, -0.1) is 0 Å². The number of hydrogen-bond acceptors (Lipinski definition) is 4. The molecular weight excluding hydrogens is 263 g/mol. The lowest BCUT2D eigenvalue weighted by molar-refractivity contribution is -0.120. The minimum absolute atomic E-state index is 0.0317. The number of hydrogen-bond donors (Lipinski definition) is 4. The number of carbonyl (C=O) groups excluding carboxylic acids is 1. The monoisotopic (exact) mass is 282 g/mol. The normalized spacial score (nSPS) is 11.4. The molecule has 7 heteroatoms. The third-order valence-corrected chi connectivity index (χ3v) is 2.67. The Bertz CT molecular complexity index is 491. The lowest BCUT2D eigenvalue weighted by Crippen LogP contribution is -2.27. The van der Waals surface area contributed by atoms with E-state index in [4.69, 9.17) is 10.9 Å². The van der Waals surface area contributed by atoms with E-state index in [1.165, 1.54) is 12.1 Å². The van der Waals surface area contributed by atoms with E-state index in [2.05, 4.69) is 15.8 Å². The molecule has 0 heterocycles. The quantitative estimate of drug-likeness (QED) is 0.193. The summed E-state index contributed by atoms with van der Waals surface area (Å²) < 4.78 is 13.2. The van der Waals surface area contributed by atoms with Gasteiger partial charge in [-0.25, -0.2) is 4.39 Å². The van der Waals surface area contributed by atoms with Gasteiger partial charge < -0.3 is 21.6 Å². The summed E-state index contributed by atoms with van der Waals surface area (Å²) in [5, 5.41) is 17.3. The molecule has 6 nitrogen and oxygen atoms in total. The van der Waals surface area contributed by atoms with Gasteiger partial charge in [-0.1, -0.05) is 11.2 Å². The maximum Gasteiger partial charge on any atom is 0.221 e. The van der Waals surface area contributed by atoms with Crippen LogP contribution in [0.1, 0.15) is 24.5 Å². The molecule has 1 aromatic rings. The van der Waals surface area contributed by atoms with Crippen LogP contribution in [0.15, 0.2) is 23.4 Å². The van der Waals surface area contributed by atoms with E-state index in [-0.39, 0.29) is 11.7 Å². The van der Waals surface area contributed by atoms with Crippen molar-refractivity contribution < 1.29 is 14.4 Å². The van der Waals surface area contributed by atoms with Gasteiger partial charge in [0.25, 0.3) is 0 Å². The molecule has 0 aliphatic rings. The van der Waals surface area contributed by atoms with Gasteiger partial charge in [0.2, 0.25) is 5.91 Å². The second kappa shape index (κ2) is 8.11. The van der Waals surface area contributed by atoms with E-state index in [9.17, 15) is 9.18 Å². The van der Waals surface area contributed by atoms with Crippen LogP contribution in [0.5, 0.6) is 0 Å². The minimum atomic E-state index is -0.460. The second-order valence-electron chi connectivity index (χ2n) is 4.17. The number of oxime groups is 1. The number of nitrogens with two attached hydrogens (primary N) is 1. The molecule has 0 spiro atoms. The first-order chi connectivity index (χ1) is 9.58. The largest absolute Gasteiger partial charge is 0.409 e. The average Bonchev–Trinajstić information content (AvgIpc) is 2.44. The van der Waals surface area contributed by atoms with E-state index in [0.29, 0.717) is 37.2 Å². The highest BCUT2D eigenvalue weighted by molar-refractivity contribution is 5.98. The Morgan fingerprint density at radius 2 is 2.25 bits per heavy atom. The molecule has 5 N–H and O–H groups in total. The van der Waals surface area contributed by atoms with Crippen LogP contribution in [-0.4, -0.2) is 30.0 Å². The van der Waals surface area contributed by atoms with Crippen LogP contribution in [0.25, 0.3) is 0 Å². The molecule has 0 unspecified atom stereocenters. The summed E-state index contributed by atoms with van der Waals surface area (Å²) in [7, 11) is 0. The van der Waals surface area contributed by atoms with Crippen LogP contribution in [0.4, 0.5) is 4.39 Å². The Balaban J connectivity index is 2.58. The SMILES string of the molecule is CCNC(=O)CCNCc1ccc(F)cc1/C(N)=N/O. The highest BCUT2D eigenvalue weighted by Crippen LogP contribution is 2.11. The van der Waals surface area contributed by atoms with Gasteiger partial charge in [0.05, 0.1) is 0 Å². The van der Waals surface area contributed by atoms with Gasteiger partial charge in [-0.05, 0) is 24.6 Å². The molecule has 1 rings (SSSR count). The van der Waals surface area contributed by atoms with Crippen molar-refractivity contribution in [2.75, 3.05) is 13.1 Å². The third-order valence-electron chi connectivity index (χ3n) is 2.67. The van der Waals surface area contributed by atoms with Crippen LogP contribution in [-0.2, 0) is 11.3 Å². The van der Waals surface area contributed by atoms with Gasteiger partial charge in [-0.2, -0.15) is 0 Å². The van der Waals surface area contributed by atoms with E-state index in [1.54, 1.807) is 6.07 Å². The number of carbonyl (C=O) groups is 1. The molecule has 0 fully saturated rings. The number of amidine groups is 1. The van der Waals surface area contributed by atoms with Crippen molar-refractivity contribution in [1.29, 1.82) is 0 Å². The Kier molecular flexibility index (Phi) is 6.45. The van der Waals surface area contributed by atoms with Crippen molar-refractivity contribution in [3.8, 4) is 0 Å². The number of nitrogens with one attached hydrogen (secondary N) is 2. The van der Waals surface area contributed by atoms with Crippen molar-refractivity contribution in [3.63, 3.8) is 0 Å². The van der Waals surface area contributed by atoms with E-state index in [1.807, 2.05) is 6.92 Å². The Labute approximate surface area is 116 Å². The van der Waals surface area contributed by atoms with E-state index < -0.39 is 5.82 Å². The molecule has 110 valence electrons. The molecule has 0 saturated heterocycles. The first-order valence-electron chi connectivity index (χ1n) is 6.32. The standard InChI is InChI=1S/C13H19FN4O2/c1-2-17-12(19)5-6-16-8-9-3-4-10(14)7-11(9)13(15)18-20/h3-4,7,16,20H,2,5-6,8H2,1H3,(H2,15,18)(H,17,19). The molecular formula is C13H19FN4O2. The fourth-order valence-electron chi connectivity index (χ4n) is 1.71. The van der Waals surface area contributed by atoms with Crippen molar-refractivity contribution >= 4 is 11.7 Å². The highest BCUT2D eigenvalue weighted by Gasteiger charge is 2.08. The van der Waals surface area contributed by atoms with Gasteiger partial charge in [0.15, 0.2) is 5.84 Å². The summed E-state index contributed by atoms with van der Waals surface area (Å²) in [5.74, 6) is -0.640. The number of nitrogens with zero attached hydrogens (tertiary/aromatic N) is 1. The van der Waals surface area contributed by atoms with Crippen molar-refractivity contribution in [2.24, 2.45) is 10.9 Å².